The smallest absolute Gasteiger partial charge is 0.227 e. The summed E-state index contributed by atoms with van der Waals surface area (Å²) in [5.74, 6) is 1.09. The molecule has 1 saturated carbocycles. The molecule has 1 aliphatic heterocycles. The Bertz CT molecular complexity index is 468. The molecule has 3 heteroatoms. The van der Waals surface area contributed by atoms with E-state index in [2.05, 4.69) is 36.5 Å². The highest BCUT2D eigenvalue weighted by Crippen LogP contribution is 2.27. The summed E-state index contributed by atoms with van der Waals surface area (Å²) in [7, 11) is 0. The summed E-state index contributed by atoms with van der Waals surface area (Å²) < 4.78 is 0. The summed E-state index contributed by atoms with van der Waals surface area (Å²) in [5, 5.41) is 3.64. The zero-order valence-electron chi connectivity index (χ0n) is 12.3. The molecule has 1 aromatic carbocycles. The lowest BCUT2D eigenvalue weighted by Crippen LogP contribution is -2.26. The van der Waals surface area contributed by atoms with E-state index in [-0.39, 0.29) is 5.91 Å². The molecular formula is C17H24N2O. The maximum Gasteiger partial charge on any atom is 0.227 e. The molecule has 1 amide bonds. The molecule has 2 fully saturated rings. The van der Waals surface area contributed by atoms with Crippen LogP contribution in [0.15, 0.2) is 24.3 Å². The van der Waals surface area contributed by atoms with Crippen LogP contribution < -0.4 is 10.2 Å². The Morgan fingerprint density at radius 1 is 1.15 bits per heavy atom. The third-order valence-corrected chi connectivity index (χ3v) is 4.56. The van der Waals surface area contributed by atoms with Crippen molar-refractivity contribution in [2.75, 3.05) is 16.8 Å². The van der Waals surface area contributed by atoms with Gasteiger partial charge in [0.05, 0.1) is 0 Å². The minimum absolute atomic E-state index is 0.256. The molecule has 2 atom stereocenters. The molecule has 2 unspecified atom stereocenters. The van der Waals surface area contributed by atoms with Gasteiger partial charge in [-0.25, -0.2) is 0 Å². The second-order valence-electron chi connectivity index (χ2n) is 6.31. The van der Waals surface area contributed by atoms with E-state index in [0.29, 0.717) is 12.5 Å². The van der Waals surface area contributed by atoms with E-state index >= 15 is 0 Å². The SMILES string of the molecule is CC1CCCC(Nc2ccc(N3CCCC3=O)cc2)C1. The highest BCUT2D eigenvalue weighted by Gasteiger charge is 2.22. The van der Waals surface area contributed by atoms with Gasteiger partial charge in [-0.1, -0.05) is 19.8 Å². The molecule has 0 aromatic heterocycles. The second-order valence-corrected chi connectivity index (χ2v) is 6.31. The molecule has 1 N–H and O–H groups in total. The number of hydrogen-bond acceptors (Lipinski definition) is 2. The van der Waals surface area contributed by atoms with Gasteiger partial charge in [-0.2, -0.15) is 0 Å². The van der Waals surface area contributed by atoms with E-state index in [9.17, 15) is 4.79 Å². The highest BCUT2D eigenvalue weighted by atomic mass is 16.2. The number of carbonyl (C=O) groups excluding carboxylic acids is 1. The molecule has 1 heterocycles. The number of benzene rings is 1. The van der Waals surface area contributed by atoms with Gasteiger partial charge in [-0.3, -0.25) is 4.79 Å². The quantitative estimate of drug-likeness (QED) is 0.907. The lowest BCUT2D eigenvalue weighted by Gasteiger charge is -2.28. The first-order chi connectivity index (χ1) is 9.72. The third kappa shape index (κ3) is 2.97. The Morgan fingerprint density at radius 3 is 2.60 bits per heavy atom. The number of amides is 1. The van der Waals surface area contributed by atoms with Crippen LogP contribution in [0, 0.1) is 5.92 Å². The Morgan fingerprint density at radius 2 is 1.95 bits per heavy atom. The van der Waals surface area contributed by atoms with Gasteiger partial charge in [0.15, 0.2) is 0 Å². The molecule has 1 aliphatic carbocycles. The number of carbonyl (C=O) groups is 1. The number of nitrogens with zero attached hydrogens (tertiary/aromatic N) is 1. The van der Waals surface area contributed by atoms with Crippen molar-refractivity contribution in [1.82, 2.24) is 0 Å². The average molecular weight is 272 g/mol. The molecule has 3 nitrogen and oxygen atoms in total. The summed E-state index contributed by atoms with van der Waals surface area (Å²) in [5.41, 5.74) is 2.22. The van der Waals surface area contributed by atoms with Gasteiger partial charge >= 0.3 is 0 Å². The average Bonchev–Trinajstić information content (AvgIpc) is 2.86. The Kier molecular flexibility index (Phi) is 3.95. The van der Waals surface area contributed by atoms with Crippen molar-refractivity contribution in [2.24, 2.45) is 5.92 Å². The lowest BCUT2D eigenvalue weighted by molar-refractivity contribution is -0.117. The maximum absolute atomic E-state index is 11.7. The molecule has 108 valence electrons. The van der Waals surface area contributed by atoms with Gasteiger partial charge in [-0.15, -0.1) is 0 Å². The summed E-state index contributed by atoms with van der Waals surface area (Å²) >= 11 is 0. The number of rotatable bonds is 3. The molecule has 20 heavy (non-hydrogen) atoms. The Labute approximate surface area is 121 Å². The normalized spacial score (nSPS) is 26.9. The van der Waals surface area contributed by atoms with Crippen LogP contribution in [0.3, 0.4) is 0 Å². The van der Waals surface area contributed by atoms with Crippen molar-refractivity contribution in [3.63, 3.8) is 0 Å². The van der Waals surface area contributed by atoms with Crippen LogP contribution in [0.2, 0.25) is 0 Å². The fourth-order valence-electron chi connectivity index (χ4n) is 3.46. The van der Waals surface area contributed by atoms with Crippen LogP contribution in [-0.2, 0) is 4.79 Å². The minimum Gasteiger partial charge on any atom is -0.382 e. The van der Waals surface area contributed by atoms with Gasteiger partial charge in [0.1, 0.15) is 0 Å². The van der Waals surface area contributed by atoms with Gasteiger partial charge in [0.2, 0.25) is 5.91 Å². The third-order valence-electron chi connectivity index (χ3n) is 4.56. The number of nitrogens with one attached hydrogen (secondary N) is 1. The lowest BCUT2D eigenvalue weighted by atomic mass is 9.87. The molecule has 0 bridgehead atoms. The number of hydrogen-bond donors (Lipinski definition) is 1. The number of anilines is 2. The van der Waals surface area contributed by atoms with Gasteiger partial charge in [-0.05, 0) is 49.4 Å². The van der Waals surface area contributed by atoms with E-state index in [0.717, 1.165) is 24.6 Å². The van der Waals surface area contributed by atoms with Crippen LogP contribution in [0.25, 0.3) is 0 Å². The van der Waals surface area contributed by atoms with Crippen molar-refractivity contribution < 1.29 is 4.79 Å². The zero-order chi connectivity index (χ0) is 13.9. The van der Waals surface area contributed by atoms with Crippen molar-refractivity contribution in [3.8, 4) is 0 Å². The van der Waals surface area contributed by atoms with Crippen LogP contribution in [0.1, 0.15) is 45.4 Å². The highest BCUT2D eigenvalue weighted by molar-refractivity contribution is 5.95. The monoisotopic (exact) mass is 272 g/mol. The van der Waals surface area contributed by atoms with E-state index in [4.69, 9.17) is 0 Å². The fraction of sp³-hybridized carbons (Fsp3) is 0.588. The summed E-state index contributed by atoms with van der Waals surface area (Å²) in [6.07, 6.45) is 6.93. The Balaban J connectivity index is 1.62. The molecule has 0 spiro atoms. The van der Waals surface area contributed by atoms with Crippen LogP contribution in [0.4, 0.5) is 11.4 Å². The van der Waals surface area contributed by atoms with E-state index in [1.165, 1.54) is 31.4 Å². The maximum atomic E-state index is 11.7. The van der Waals surface area contributed by atoms with Gasteiger partial charge < -0.3 is 10.2 Å². The Hall–Kier alpha value is -1.51. The van der Waals surface area contributed by atoms with Crippen LogP contribution in [-0.4, -0.2) is 18.5 Å². The first kappa shape index (κ1) is 13.5. The van der Waals surface area contributed by atoms with Gasteiger partial charge in [0.25, 0.3) is 0 Å². The molecule has 2 aliphatic rings. The van der Waals surface area contributed by atoms with Crippen molar-refractivity contribution in [3.05, 3.63) is 24.3 Å². The van der Waals surface area contributed by atoms with Gasteiger partial charge in [0, 0.05) is 30.4 Å². The van der Waals surface area contributed by atoms with Crippen molar-refractivity contribution in [1.29, 1.82) is 0 Å². The largest absolute Gasteiger partial charge is 0.382 e. The first-order valence-electron chi connectivity index (χ1n) is 7.89. The summed E-state index contributed by atoms with van der Waals surface area (Å²) in [6, 6.07) is 8.97. The van der Waals surface area contributed by atoms with Crippen molar-refractivity contribution >= 4 is 17.3 Å². The molecule has 3 rings (SSSR count). The minimum atomic E-state index is 0.256. The zero-order valence-corrected chi connectivity index (χ0v) is 12.3. The van der Waals surface area contributed by atoms with Crippen LogP contribution in [0.5, 0.6) is 0 Å². The predicted octanol–water partition coefficient (Wildman–Crippen LogP) is 3.80. The predicted molar refractivity (Wildman–Crippen MR) is 83.1 cm³/mol. The van der Waals surface area contributed by atoms with Crippen molar-refractivity contribution in [2.45, 2.75) is 51.5 Å². The molecule has 1 aromatic rings. The molecule has 1 saturated heterocycles. The van der Waals surface area contributed by atoms with E-state index in [1.807, 2.05) is 4.90 Å². The van der Waals surface area contributed by atoms with E-state index in [1.54, 1.807) is 0 Å². The molecule has 0 radical (unpaired) electrons. The van der Waals surface area contributed by atoms with Crippen LogP contribution >= 0.6 is 0 Å². The second kappa shape index (κ2) is 5.86. The molecular weight excluding hydrogens is 248 g/mol. The first-order valence-corrected chi connectivity index (χ1v) is 7.89. The topological polar surface area (TPSA) is 32.3 Å². The summed E-state index contributed by atoms with van der Waals surface area (Å²) in [6.45, 7) is 3.21. The standard InChI is InChI=1S/C17H24N2O/c1-13-4-2-5-15(12-13)18-14-7-9-16(10-8-14)19-11-3-6-17(19)20/h7-10,13,15,18H,2-6,11-12H2,1H3. The fourth-order valence-corrected chi connectivity index (χ4v) is 3.46. The summed E-state index contributed by atoms with van der Waals surface area (Å²) in [4.78, 5) is 13.6. The van der Waals surface area contributed by atoms with E-state index < -0.39 is 0 Å².